The van der Waals surface area contributed by atoms with E-state index in [1.165, 1.54) is 12.2 Å². The summed E-state index contributed by atoms with van der Waals surface area (Å²) in [7, 11) is 0. The van der Waals surface area contributed by atoms with Gasteiger partial charge in [-0.1, -0.05) is 0 Å². The Bertz CT molecular complexity index is 347. The van der Waals surface area contributed by atoms with Crippen molar-refractivity contribution < 1.29 is 0 Å². The molecule has 0 fully saturated rings. The van der Waals surface area contributed by atoms with Gasteiger partial charge in [0.1, 0.15) is 0 Å². The molecule has 0 unspecified atom stereocenters. The summed E-state index contributed by atoms with van der Waals surface area (Å²) in [5.74, 6) is 1.28. The van der Waals surface area contributed by atoms with Crippen LogP contribution in [0.4, 0.5) is 0 Å². The van der Waals surface area contributed by atoms with E-state index in [0.29, 0.717) is 18.5 Å². The Kier molecular flexibility index (Phi) is 3.36. The zero-order valence-corrected chi connectivity index (χ0v) is 12.8. The quantitative estimate of drug-likeness (QED) is 0.702. The summed E-state index contributed by atoms with van der Waals surface area (Å²) in [6.07, 6.45) is 1.31. The Labute approximate surface area is 103 Å². The summed E-state index contributed by atoms with van der Waals surface area (Å²) in [5.41, 5.74) is 1.95. The number of rotatable bonds is 1. The Hall–Kier alpha value is 0.609. The van der Waals surface area contributed by atoms with Crippen molar-refractivity contribution in [3.8, 4) is 0 Å². The van der Waals surface area contributed by atoms with Crippen LogP contribution in [0.25, 0.3) is 0 Å². The van der Waals surface area contributed by atoms with Gasteiger partial charge in [0.15, 0.2) is 0 Å². The van der Waals surface area contributed by atoms with Gasteiger partial charge in [0.05, 0.1) is 0 Å². The van der Waals surface area contributed by atoms with Crippen molar-refractivity contribution in [1.29, 1.82) is 0 Å². The average Bonchev–Trinajstić information content (AvgIpc) is 2.17. The van der Waals surface area contributed by atoms with Crippen LogP contribution in [0.1, 0.15) is 25.8 Å². The second-order valence-electron chi connectivity index (χ2n) is 4.21. The van der Waals surface area contributed by atoms with E-state index in [0.717, 1.165) is 0 Å². The summed E-state index contributed by atoms with van der Waals surface area (Å²) in [4.78, 5) is 1.57. The van der Waals surface area contributed by atoms with E-state index in [9.17, 15) is 0 Å². The molecule has 14 heavy (non-hydrogen) atoms. The van der Waals surface area contributed by atoms with E-state index >= 15 is 0 Å². The van der Waals surface area contributed by atoms with Crippen molar-refractivity contribution in [2.24, 2.45) is 0 Å². The van der Waals surface area contributed by atoms with E-state index in [2.05, 4.69) is 46.2 Å². The van der Waals surface area contributed by atoms with Gasteiger partial charge in [-0.2, -0.15) is 0 Å². The number of hydrogen-bond donors (Lipinski definition) is 0. The topological polar surface area (TPSA) is 0 Å². The first-order valence-electron chi connectivity index (χ1n) is 4.73. The summed E-state index contributed by atoms with van der Waals surface area (Å²) in [6.45, 7) is 4.74. The molecule has 0 saturated heterocycles. The van der Waals surface area contributed by atoms with Crippen molar-refractivity contribution in [3.05, 3.63) is 23.8 Å². The molecule has 0 amide bonds. The first-order valence-corrected chi connectivity index (χ1v) is 11.3. The molecule has 0 spiro atoms. The number of hydrogen-bond acceptors (Lipinski definition) is 1. The van der Waals surface area contributed by atoms with E-state index in [1.54, 1.807) is 14.9 Å². The molecule has 76 valence electrons. The van der Waals surface area contributed by atoms with Crippen LogP contribution < -0.4 is 4.46 Å². The fourth-order valence-corrected chi connectivity index (χ4v) is 6.98. The molecule has 0 aliphatic carbocycles. The Morgan fingerprint density at radius 1 is 1.43 bits per heavy atom. The molecular weight excluding hydrogens is 322 g/mol. The molecule has 0 atom stereocenters. The molecule has 0 N–H and O–H groups in total. The second-order valence-corrected chi connectivity index (χ2v) is 8.61. The zero-order valence-electron chi connectivity index (χ0n) is 8.41. The molecular formula is C11H14SSe2. The third kappa shape index (κ3) is 1.94. The molecule has 3 heteroatoms. The van der Waals surface area contributed by atoms with E-state index < -0.39 is 0 Å². The molecule has 0 aromatic heterocycles. The maximum atomic E-state index is 2.75. The summed E-state index contributed by atoms with van der Waals surface area (Å²) >= 11 is 5.36. The maximum absolute atomic E-state index is 2.75. The SMILES string of the molecule is CC1(C)CCSc2c([Se][SeH])cccc21. The zero-order chi connectivity index (χ0) is 10.2. The van der Waals surface area contributed by atoms with Crippen LogP contribution in [0.5, 0.6) is 0 Å². The van der Waals surface area contributed by atoms with Gasteiger partial charge in [-0.3, -0.25) is 0 Å². The van der Waals surface area contributed by atoms with Crippen LogP contribution in [0, 0.1) is 0 Å². The summed E-state index contributed by atoms with van der Waals surface area (Å²) in [5, 5.41) is 0. The van der Waals surface area contributed by atoms with Crippen molar-refractivity contribution >= 4 is 43.5 Å². The normalized spacial score (nSPS) is 19.1. The fraction of sp³-hybridized carbons (Fsp3) is 0.455. The number of benzene rings is 1. The summed E-state index contributed by atoms with van der Waals surface area (Å²) in [6, 6.07) is 6.81. The van der Waals surface area contributed by atoms with Crippen molar-refractivity contribution in [2.75, 3.05) is 5.75 Å². The van der Waals surface area contributed by atoms with Crippen molar-refractivity contribution in [1.82, 2.24) is 0 Å². The minimum absolute atomic E-state index is 0.384. The van der Waals surface area contributed by atoms with Gasteiger partial charge in [0.25, 0.3) is 0 Å². The fourth-order valence-electron chi connectivity index (χ4n) is 1.81. The third-order valence-corrected chi connectivity index (χ3v) is 7.48. The molecule has 1 heterocycles. The Morgan fingerprint density at radius 3 is 2.93 bits per heavy atom. The van der Waals surface area contributed by atoms with Crippen LogP contribution in [-0.4, -0.2) is 33.1 Å². The van der Waals surface area contributed by atoms with Crippen molar-refractivity contribution in [3.63, 3.8) is 0 Å². The predicted molar refractivity (Wildman–Crippen MR) is 67.3 cm³/mol. The summed E-state index contributed by atoms with van der Waals surface area (Å²) < 4.78 is 1.56. The van der Waals surface area contributed by atoms with E-state index in [4.69, 9.17) is 0 Å². The predicted octanol–water partition coefficient (Wildman–Crippen LogP) is 1.61. The second kappa shape index (κ2) is 4.23. The average molecular weight is 336 g/mol. The van der Waals surface area contributed by atoms with E-state index in [1.807, 2.05) is 11.8 Å². The van der Waals surface area contributed by atoms with Crippen LogP contribution in [0.3, 0.4) is 0 Å². The Balaban J connectivity index is 2.55. The van der Waals surface area contributed by atoms with Gasteiger partial charge in [-0.15, -0.1) is 0 Å². The van der Waals surface area contributed by atoms with Gasteiger partial charge in [0, 0.05) is 0 Å². The molecule has 2 rings (SSSR count). The van der Waals surface area contributed by atoms with Crippen LogP contribution in [0.15, 0.2) is 23.1 Å². The first-order chi connectivity index (χ1) is 6.65. The molecule has 0 radical (unpaired) electrons. The Morgan fingerprint density at radius 2 is 2.21 bits per heavy atom. The van der Waals surface area contributed by atoms with E-state index in [-0.39, 0.29) is 0 Å². The van der Waals surface area contributed by atoms with Crippen LogP contribution in [-0.2, 0) is 5.41 Å². The van der Waals surface area contributed by atoms with Gasteiger partial charge >= 0.3 is 104 Å². The molecule has 0 saturated carbocycles. The molecule has 1 aromatic rings. The van der Waals surface area contributed by atoms with Crippen molar-refractivity contribution in [2.45, 2.75) is 30.6 Å². The van der Waals surface area contributed by atoms with Gasteiger partial charge < -0.3 is 0 Å². The van der Waals surface area contributed by atoms with Crippen LogP contribution >= 0.6 is 11.8 Å². The molecule has 0 nitrogen and oxygen atoms in total. The monoisotopic (exact) mass is 338 g/mol. The first kappa shape index (κ1) is 11.1. The number of fused-ring (bicyclic) bond motifs is 1. The van der Waals surface area contributed by atoms with Gasteiger partial charge in [0.2, 0.25) is 0 Å². The van der Waals surface area contributed by atoms with Gasteiger partial charge in [-0.05, 0) is 0 Å². The third-order valence-electron chi connectivity index (χ3n) is 2.78. The molecule has 1 aliphatic rings. The molecule has 1 aliphatic heterocycles. The minimum atomic E-state index is 0.384. The molecule has 0 bridgehead atoms. The van der Waals surface area contributed by atoms with Crippen LogP contribution in [0.2, 0.25) is 0 Å². The molecule has 1 aromatic carbocycles. The standard InChI is InChI=1S/C11H14SSe2/c1-11(2)6-7-12-10-8(11)4-3-5-9(10)14-13/h3-5,13H,6-7H2,1-2H3. The van der Waals surface area contributed by atoms with Gasteiger partial charge in [-0.25, -0.2) is 0 Å². The number of thioether (sulfide) groups is 1.